The molecule has 1 unspecified atom stereocenters. The normalized spacial score (nSPS) is 29.0. The quantitative estimate of drug-likeness (QED) is 0.677. The van der Waals surface area contributed by atoms with Gasteiger partial charge in [-0.05, 0) is 30.6 Å². The molecule has 0 aromatic heterocycles. The Kier molecular flexibility index (Phi) is 6.21. The summed E-state index contributed by atoms with van der Waals surface area (Å²) in [4.78, 5) is 29.0. The smallest absolute Gasteiger partial charge is 0.335 e. The van der Waals surface area contributed by atoms with E-state index in [1.54, 1.807) is 0 Å². The monoisotopic (exact) mass is 439 g/mol. The van der Waals surface area contributed by atoms with Gasteiger partial charge in [-0.15, -0.1) is 0 Å². The van der Waals surface area contributed by atoms with Gasteiger partial charge >= 0.3 is 12.1 Å². The minimum Gasteiger partial charge on any atom is -0.335 e. The standard InChI is InChI=1S/C23H32F3N3O2/c1-22(18-5-3-2-4-6-18)9-7-17(8-10-22)20(30)29-15-19(16-29)27-11-13-28(14-12-27)21(31)23(24,25)26/h7-9,18-19H,2-6,10-16H2,1H3. The number of carbonyl (C=O) groups excluding carboxylic acids is 2. The van der Waals surface area contributed by atoms with Crippen molar-refractivity contribution in [2.75, 3.05) is 39.3 Å². The molecule has 2 amide bonds. The predicted molar refractivity (Wildman–Crippen MR) is 111 cm³/mol. The molecule has 2 aliphatic carbocycles. The number of amides is 2. The number of nitrogens with zero attached hydrogens (tertiary/aromatic N) is 3. The second-order valence-corrected chi connectivity index (χ2v) is 9.73. The molecule has 1 saturated carbocycles. The summed E-state index contributed by atoms with van der Waals surface area (Å²) in [6.07, 6.45) is 8.90. The van der Waals surface area contributed by atoms with E-state index in [-0.39, 0.29) is 30.5 Å². The van der Waals surface area contributed by atoms with Crippen molar-refractivity contribution in [3.8, 4) is 0 Å². The second-order valence-electron chi connectivity index (χ2n) is 9.73. The molecule has 4 rings (SSSR count). The first kappa shape index (κ1) is 22.4. The first-order valence-electron chi connectivity index (χ1n) is 11.5. The Morgan fingerprint density at radius 2 is 1.65 bits per heavy atom. The number of piperazine rings is 1. The van der Waals surface area contributed by atoms with E-state index in [0.29, 0.717) is 32.1 Å². The molecule has 172 valence electrons. The summed E-state index contributed by atoms with van der Waals surface area (Å²) in [7, 11) is 0. The van der Waals surface area contributed by atoms with Gasteiger partial charge in [0.25, 0.3) is 5.91 Å². The van der Waals surface area contributed by atoms with Crippen molar-refractivity contribution < 1.29 is 22.8 Å². The lowest BCUT2D eigenvalue weighted by atomic mass is 9.66. The van der Waals surface area contributed by atoms with Gasteiger partial charge in [0.1, 0.15) is 0 Å². The van der Waals surface area contributed by atoms with Crippen LogP contribution in [0.25, 0.3) is 0 Å². The van der Waals surface area contributed by atoms with Crippen molar-refractivity contribution in [1.29, 1.82) is 0 Å². The van der Waals surface area contributed by atoms with Gasteiger partial charge in [0.15, 0.2) is 0 Å². The van der Waals surface area contributed by atoms with Crippen molar-refractivity contribution in [2.45, 2.75) is 57.7 Å². The molecule has 0 aromatic carbocycles. The van der Waals surface area contributed by atoms with E-state index in [1.165, 1.54) is 32.1 Å². The van der Waals surface area contributed by atoms with Crippen molar-refractivity contribution in [3.63, 3.8) is 0 Å². The molecule has 2 saturated heterocycles. The highest BCUT2D eigenvalue weighted by Gasteiger charge is 2.44. The highest BCUT2D eigenvalue weighted by atomic mass is 19.4. The van der Waals surface area contributed by atoms with E-state index in [0.717, 1.165) is 16.9 Å². The number of carbonyl (C=O) groups is 2. The van der Waals surface area contributed by atoms with Gasteiger partial charge < -0.3 is 9.80 Å². The summed E-state index contributed by atoms with van der Waals surface area (Å²) in [5.74, 6) is -1.01. The molecule has 0 aromatic rings. The van der Waals surface area contributed by atoms with Crippen LogP contribution in [0.5, 0.6) is 0 Å². The molecule has 0 radical (unpaired) electrons. The van der Waals surface area contributed by atoms with Crippen LogP contribution < -0.4 is 0 Å². The van der Waals surface area contributed by atoms with Gasteiger partial charge in [-0.25, -0.2) is 0 Å². The Balaban J connectivity index is 1.23. The molecule has 5 nitrogen and oxygen atoms in total. The fourth-order valence-electron chi connectivity index (χ4n) is 5.47. The van der Waals surface area contributed by atoms with Crippen LogP contribution in [0.2, 0.25) is 0 Å². The summed E-state index contributed by atoms with van der Waals surface area (Å²) >= 11 is 0. The first-order chi connectivity index (χ1) is 14.7. The van der Waals surface area contributed by atoms with Crippen molar-refractivity contribution in [3.05, 3.63) is 23.8 Å². The predicted octanol–water partition coefficient (Wildman–Crippen LogP) is 3.38. The zero-order valence-electron chi connectivity index (χ0n) is 18.2. The van der Waals surface area contributed by atoms with Gasteiger partial charge in [-0.2, -0.15) is 13.2 Å². The molecule has 8 heteroatoms. The molecular weight excluding hydrogens is 407 g/mol. The maximum atomic E-state index is 12.9. The van der Waals surface area contributed by atoms with Crippen LogP contribution in [-0.2, 0) is 9.59 Å². The topological polar surface area (TPSA) is 43.9 Å². The molecule has 1 atom stereocenters. The zero-order chi connectivity index (χ0) is 22.2. The molecule has 4 aliphatic rings. The third-order valence-electron chi connectivity index (χ3n) is 7.70. The summed E-state index contributed by atoms with van der Waals surface area (Å²) < 4.78 is 37.7. The van der Waals surface area contributed by atoms with E-state index in [2.05, 4.69) is 24.0 Å². The van der Waals surface area contributed by atoms with E-state index in [4.69, 9.17) is 0 Å². The van der Waals surface area contributed by atoms with Crippen LogP contribution in [0.3, 0.4) is 0 Å². The lowest BCUT2D eigenvalue weighted by Gasteiger charge is -2.48. The van der Waals surface area contributed by atoms with Crippen LogP contribution in [-0.4, -0.2) is 78.0 Å². The van der Waals surface area contributed by atoms with Gasteiger partial charge in [0.2, 0.25) is 0 Å². The number of halogens is 3. The fourth-order valence-corrected chi connectivity index (χ4v) is 5.47. The number of allylic oxidation sites excluding steroid dienone is 2. The Labute approximate surface area is 181 Å². The van der Waals surface area contributed by atoms with E-state index < -0.39 is 12.1 Å². The van der Waals surface area contributed by atoms with E-state index >= 15 is 0 Å². The molecule has 3 fully saturated rings. The number of likely N-dealkylation sites (tertiary alicyclic amines) is 1. The Hall–Kier alpha value is -1.83. The number of hydrogen-bond acceptors (Lipinski definition) is 3. The second kappa shape index (κ2) is 8.60. The maximum Gasteiger partial charge on any atom is 0.471 e. The lowest BCUT2D eigenvalue weighted by molar-refractivity contribution is -0.187. The van der Waals surface area contributed by atoms with Crippen LogP contribution >= 0.6 is 0 Å². The summed E-state index contributed by atoms with van der Waals surface area (Å²) in [5.41, 5.74) is 0.905. The molecule has 2 aliphatic heterocycles. The fraction of sp³-hybridized carbons (Fsp3) is 0.739. The summed E-state index contributed by atoms with van der Waals surface area (Å²) in [6.45, 7) is 4.48. The molecule has 0 bridgehead atoms. The SMILES string of the molecule is CC1(C2CCCCC2)C=CC(C(=O)N2CC(N3CCN(C(=O)C(F)(F)F)CC3)C2)=CC1. The first-order valence-corrected chi connectivity index (χ1v) is 11.5. The molecule has 2 heterocycles. The van der Waals surface area contributed by atoms with Gasteiger partial charge in [-0.1, -0.05) is 44.4 Å². The van der Waals surface area contributed by atoms with Crippen LogP contribution in [0.15, 0.2) is 23.8 Å². The number of hydrogen-bond donors (Lipinski definition) is 0. The summed E-state index contributed by atoms with van der Waals surface area (Å²) in [5, 5.41) is 0. The highest BCUT2D eigenvalue weighted by Crippen LogP contribution is 2.44. The zero-order valence-corrected chi connectivity index (χ0v) is 18.2. The van der Waals surface area contributed by atoms with Crippen molar-refractivity contribution in [2.24, 2.45) is 11.3 Å². The Morgan fingerprint density at radius 1 is 1.00 bits per heavy atom. The molecule has 0 spiro atoms. The lowest BCUT2D eigenvalue weighted by Crippen LogP contribution is -2.65. The van der Waals surface area contributed by atoms with Gasteiger partial charge in [0.05, 0.1) is 0 Å². The number of alkyl halides is 3. The van der Waals surface area contributed by atoms with Gasteiger partial charge in [0, 0.05) is 50.9 Å². The largest absolute Gasteiger partial charge is 0.471 e. The van der Waals surface area contributed by atoms with Crippen LogP contribution in [0, 0.1) is 11.3 Å². The molecular formula is C23H32F3N3O2. The minimum absolute atomic E-state index is 0.0454. The van der Waals surface area contributed by atoms with E-state index in [1.807, 2.05) is 11.0 Å². The Bertz CT molecular complexity index is 759. The highest BCUT2D eigenvalue weighted by molar-refractivity contribution is 5.97. The molecule has 0 N–H and O–H groups in total. The minimum atomic E-state index is -4.81. The maximum absolute atomic E-state index is 12.9. The average molecular weight is 440 g/mol. The van der Waals surface area contributed by atoms with Crippen molar-refractivity contribution in [1.82, 2.24) is 14.7 Å². The van der Waals surface area contributed by atoms with Crippen molar-refractivity contribution >= 4 is 11.8 Å². The van der Waals surface area contributed by atoms with Gasteiger partial charge in [-0.3, -0.25) is 14.5 Å². The third-order valence-corrected chi connectivity index (χ3v) is 7.70. The van der Waals surface area contributed by atoms with E-state index in [9.17, 15) is 22.8 Å². The van der Waals surface area contributed by atoms with Crippen LogP contribution in [0.4, 0.5) is 13.2 Å². The Morgan fingerprint density at radius 3 is 2.19 bits per heavy atom. The number of rotatable bonds is 3. The van der Waals surface area contributed by atoms with Crippen LogP contribution in [0.1, 0.15) is 45.4 Å². The third kappa shape index (κ3) is 4.69. The molecule has 31 heavy (non-hydrogen) atoms. The average Bonchev–Trinajstić information content (AvgIpc) is 2.73. The summed E-state index contributed by atoms with van der Waals surface area (Å²) in [6, 6.07) is 0.160.